The van der Waals surface area contributed by atoms with Crippen LogP contribution in [0.2, 0.25) is 54.1 Å². The fourth-order valence-electron chi connectivity index (χ4n) is 8.32. The minimum absolute atomic E-state index is 0.500. The Morgan fingerprint density at radius 1 is 0.366 bits per heavy atom. The van der Waals surface area contributed by atoms with Crippen molar-refractivity contribution in [3.8, 4) is 0 Å². The predicted octanol–water partition coefficient (Wildman–Crippen LogP) is 10.2. The Hall–Kier alpha value is 4.66. The molecule has 0 aliphatic rings. The summed E-state index contributed by atoms with van der Waals surface area (Å²) >= 11 is 11.5. The van der Waals surface area contributed by atoms with Gasteiger partial charge in [-0.15, -0.1) is 0 Å². The molecule has 0 spiro atoms. The Balaban J connectivity index is -0.000000231. The molecular formula is C31H72As3GeLi3Si3. The molecule has 0 aromatic rings. The maximum absolute atomic E-state index is 2.49. The van der Waals surface area contributed by atoms with Gasteiger partial charge >= 0.3 is 321 Å². The first kappa shape index (κ1) is 52.5. The van der Waals surface area contributed by atoms with Gasteiger partial charge in [0.05, 0.1) is 0 Å². The van der Waals surface area contributed by atoms with Crippen molar-refractivity contribution in [2.24, 2.45) is 0 Å². The zero-order chi connectivity index (χ0) is 34.3. The second kappa shape index (κ2) is 24.7. The minimum atomic E-state index is -0.908. The van der Waals surface area contributed by atoms with Crippen molar-refractivity contribution >= 4 is 121 Å². The monoisotopic (exact) mass is 848 g/mol. The molecule has 0 N–H and O–H groups in total. The van der Waals surface area contributed by atoms with Gasteiger partial charge in [-0.05, 0) is 0 Å². The van der Waals surface area contributed by atoms with Gasteiger partial charge in [-0.1, -0.05) is 0 Å². The molecular weight excluding hydrogens is 775 g/mol. The molecule has 0 amide bonds. The molecule has 0 bridgehead atoms. The maximum atomic E-state index is 2.49. The summed E-state index contributed by atoms with van der Waals surface area (Å²) in [5.74, 6) is 0. The van der Waals surface area contributed by atoms with Gasteiger partial charge in [0.25, 0.3) is 0 Å². The predicted molar refractivity (Wildman–Crippen MR) is 213 cm³/mol. The summed E-state index contributed by atoms with van der Waals surface area (Å²) in [6.07, 6.45) is 0. The molecule has 0 rings (SSSR count). The molecule has 0 saturated heterocycles. The van der Waals surface area contributed by atoms with Crippen molar-refractivity contribution in [1.29, 1.82) is 0 Å². The normalized spacial score (nSPS) is 14.3. The Morgan fingerprint density at radius 3 is 0.439 bits per heavy atom. The molecule has 10 heteroatoms. The second-order valence-corrected chi connectivity index (χ2v) is 59.3. The molecule has 0 fully saturated rings. The van der Waals surface area contributed by atoms with Gasteiger partial charge in [0.2, 0.25) is 0 Å². The molecule has 0 aliphatic heterocycles. The molecule has 230 valence electrons. The SMILES string of the molecule is C[C](C)(C)[Ge].[Li][As][Si](C(C)C)(C(C)C)C(C)C.[Li][As][Si](C(C)C)(C(C)C)C(C)C.[Li][As][Si](C(C)C)(C(C)C)C(C)C. The Labute approximate surface area is 316 Å². The summed E-state index contributed by atoms with van der Waals surface area (Å²) in [6.45, 7) is 47.9. The molecule has 0 unspecified atom stereocenters. The first-order valence-electron chi connectivity index (χ1n) is 16.8. The van der Waals surface area contributed by atoms with Gasteiger partial charge in [-0.25, -0.2) is 0 Å². The fraction of sp³-hybridized carbons (Fsp3) is 1.00. The van der Waals surface area contributed by atoms with Crippen molar-refractivity contribution < 1.29 is 0 Å². The van der Waals surface area contributed by atoms with Crippen molar-refractivity contribution in [2.75, 3.05) is 0 Å². The van der Waals surface area contributed by atoms with Crippen LogP contribution >= 0.6 is 0 Å². The summed E-state index contributed by atoms with van der Waals surface area (Å²) in [4.78, 5) is 0. The van der Waals surface area contributed by atoms with E-state index in [9.17, 15) is 0 Å². The van der Waals surface area contributed by atoms with Crippen molar-refractivity contribution in [3.63, 3.8) is 0 Å². The summed E-state index contributed by atoms with van der Waals surface area (Å²) in [6, 6.07) is 0. The number of hydrogen-bond donors (Lipinski definition) is 0. The standard InChI is InChI=1S/3C9H21AsSi.C4H9Ge.3Li/c3*1-7(2)11(10,8(3)4)9(5)6;1-4(2,3)5;;;/h3*7-9H,1-6H3;1-3H3;;;. The molecule has 0 aliphatic carbocycles. The molecule has 0 heterocycles. The number of rotatable bonds is 12. The van der Waals surface area contributed by atoms with Crippen LogP contribution in [0, 0.1) is 0 Å². The molecule has 0 aromatic heterocycles. The molecule has 0 nitrogen and oxygen atoms in total. The Morgan fingerprint density at radius 2 is 0.439 bits per heavy atom. The van der Waals surface area contributed by atoms with E-state index in [2.05, 4.69) is 209 Å². The van der Waals surface area contributed by atoms with E-state index in [4.69, 9.17) is 0 Å². The fourth-order valence-corrected chi connectivity index (χ4v) is 54.2. The average Bonchev–Trinajstić information content (AvgIpc) is 2.73. The third kappa shape index (κ3) is 17.8. The zero-order valence-electron chi connectivity index (χ0n) is 33.0. The average molecular weight is 847 g/mol. The van der Waals surface area contributed by atoms with Gasteiger partial charge < -0.3 is 0 Å². The molecule has 0 aromatic carbocycles. The Kier molecular flexibility index (Phi) is 31.7. The zero-order valence-corrected chi connectivity index (χ0v) is 43.8. The van der Waals surface area contributed by atoms with Gasteiger partial charge in [-0.2, -0.15) is 0 Å². The topological polar surface area (TPSA) is 0 Å². The molecule has 0 atom stereocenters. The third-order valence-corrected chi connectivity index (χ3v) is 72.3. The van der Waals surface area contributed by atoms with Crippen LogP contribution in [-0.2, 0) is 0 Å². The third-order valence-electron chi connectivity index (χ3n) is 9.49. The van der Waals surface area contributed by atoms with Gasteiger partial charge in [0.1, 0.15) is 0 Å². The summed E-state index contributed by atoms with van der Waals surface area (Å²) in [7, 11) is 0. The van der Waals surface area contributed by atoms with Crippen molar-refractivity contribution in [3.05, 3.63) is 0 Å². The quantitative estimate of drug-likeness (QED) is 0.172. The van der Waals surface area contributed by atoms with E-state index in [-0.39, 0.29) is 0 Å². The first-order chi connectivity index (χ1) is 18.2. The van der Waals surface area contributed by atoms with E-state index < -0.39 is 19.6 Å². The molecule has 0 saturated carbocycles. The van der Waals surface area contributed by atoms with Crippen LogP contribution in [0.1, 0.15) is 145 Å². The van der Waals surface area contributed by atoms with Crippen molar-refractivity contribution in [1.82, 2.24) is 0 Å². The van der Waals surface area contributed by atoms with E-state index in [1.165, 1.54) is 0 Å². The van der Waals surface area contributed by atoms with Crippen LogP contribution < -0.4 is 0 Å². The van der Waals surface area contributed by atoms with E-state index in [0.29, 0.717) is 42.8 Å². The summed E-state index contributed by atoms with van der Waals surface area (Å²) < 4.78 is 0.500. The summed E-state index contributed by atoms with van der Waals surface area (Å²) in [5.41, 5.74) is 8.77. The molecule has 6 radical (unpaired) electrons. The van der Waals surface area contributed by atoms with E-state index in [1.807, 2.05) is 0 Å². The van der Waals surface area contributed by atoms with Gasteiger partial charge in [0.15, 0.2) is 0 Å². The van der Waals surface area contributed by atoms with Crippen LogP contribution in [0.25, 0.3) is 0 Å². The molecule has 41 heavy (non-hydrogen) atoms. The second-order valence-electron chi connectivity index (χ2n) is 16.0. The van der Waals surface area contributed by atoms with Crippen LogP contribution in [0.5, 0.6) is 0 Å². The van der Waals surface area contributed by atoms with E-state index in [1.54, 1.807) is 0 Å². The van der Waals surface area contributed by atoms with Gasteiger partial charge in [0, 0.05) is 0 Å². The van der Waals surface area contributed by atoms with E-state index in [0.717, 1.165) is 49.9 Å². The summed E-state index contributed by atoms with van der Waals surface area (Å²) in [5, 5.41) is 0. The van der Waals surface area contributed by atoms with Gasteiger partial charge in [-0.3, -0.25) is 0 Å². The van der Waals surface area contributed by atoms with Crippen LogP contribution in [0.15, 0.2) is 0 Å². The Bertz CT molecular complexity index is 492. The first-order valence-corrected chi connectivity index (χ1v) is 38.4. The van der Waals surface area contributed by atoms with Crippen LogP contribution in [0.3, 0.4) is 0 Å². The number of hydrogen-bond acceptors (Lipinski definition) is 0. The van der Waals surface area contributed by atoms with Crippen LogP contribution in [-0.4, -0.2) is 121 Å². The van der Waals surface area contributed by atoms with Crippen LogP contribution in [0.4, 0.5) is 0 Å². The van der Waals surface area contributed by atoms with E-state index >= 15 is 0 Å². The van der Waals surface area contributed by atoms with Crippen molar-refractivity contribution in [2.45, 2.75) is 200 Å².